The molecule has 6 nitrogen and oxygen atoms in total. The number of carbonyl (C=O) groups excluding carboxylic acids is 3. The van der Waals surface area contributed by atoms with Crippen molar-refractivity contribution in [1.29, 1.82) is 0 Å². The summed E-state index contributed by atoms with van der Waals surface area (Å²) in [4.78, 5) is 40.1. The number of amides is 2. The maximum Gasteiger partial charge on any atom is 0.338 e. The van der Waals surface area contributed by atoms with Crippen LogP contribution in [0.5, 0.6) is 0 Å². The van der Waals surface area contributed by atoms with Gasteiger partial charge >= 0.3 is 5.97 Å². The van der Waals surface area contributed by atoms with Gasteiger partial charge in [-0.05, 0) is 60.9 Å². The topological polar surface area (TPSA) is 75.7 Å². The van der Waals surface area contributed by atoms with Crippen molar-refractivity contribution in [3.63, 3.8) is 0 Å². The molecule has 1 heterocycles. The zero-order valence-corrected chi connectivity index (χ0v) is 18.5. The first-order chi connectivity index (χ1) is 16.0. The lowest BCUT2D eigenvalue weighted by atomic mass is 10.0. The second-order valence-electron chi connectivity index (χ2n) is 7.74. The predicted molar refractivity (Wildman–Crippen MR) is 128 cm³/mol. The highest BCUT2D eigenvalue weighted by molar-refractivity contribution is 6.46. The van der Waals surface area contributed by atoms with Crippen molar-refractivity contribution in [3.05, 3.63) is 101 Å². The lowest BCUT2D eigenvalue weighted by Crippen LogP contribution is -2.32. The van der Waals surface area contributed by atoms with Crippen LogP contribution in [0.15, 0.2) is 84.6 Å². The number of carbonyl (C=O) groups is 3. The van der Waals surface area contributed by atoms with E-state index in [1.54, 1.807) is 36.4 Å². The second kappa shape index (κ2) is 9.53. The van der Waals surface area contributed by atoms with Crippen molar-refractivity contribution in [2.45, 2.75) is 20.3 Å². The number of anilines is 2. The number of benzene rings is 3. The highest BCUT2D eigenvalue weighted by Gasteiger charge is 2.40. The summed E-state index contributed by atoms with van der Waals surface area (Å²) in [5.41, 5.74) is 3.65. The Morgan fingerprint density at radius 3 is 2.30 bits per heavy atom. The Labute approximate surface area is 192 Å². The fraction of sp³-hybridized carbons (Fsp3) is 0.148. The van der Waals surface area contributed by atoms with Crippen molar-refractivity contribution < 1.29 is 19.1 Å². The van der Waals surface area contributed by atoms with Crippen LogP contribution in [-0.2, 0) is 14.3 Å². The molecule has 0 aliphatic carbocycles. The van der Waals surface area contributed by atoms with Gasteiger partial charge < -0.3 is 10.1 Å². The molecule has 4 rings (SSSR count). The van der Waals surface area contributed by atoms with E-state index in [1.807, 2.05) is 56.3 Å². The van der Waals surface area contributed by atoms with Crippen LogP contribution in [0.1, 0.15) is 34.8 Å². The molecule has 0 atom stereocenters. The summed E-state index contributed by atoms with van der Waals surface area (Å²) in [7, 11) is 0. The summed E-state index contributed by atoms with van der Waals surface area (Å²) in [5, 5.41) is 3.16. The van der Waals surface area contributed by atoms with E-state index in [0.717, 1.165) is 22.6 Å². The Morgan fingerprint density at radius 1 is 0.909 bits per heavy atom. The molecule has 0 fully saturated rings. The van der Waals surface area contributed by atoms with Crippen LogP contribution in [0.4, 0.5) is 11.4 Å². The monoisotopic (exact) mass is 440 g/mol. The molecule has 33 heavy (non-hydrogen) atoms. The number of esters is 1. The standard InChI is InChI=1S/C27H24N2O4/c1-3-16-33-27(32)20-12-14-22(15-13-20)29-25(30)23(19-9-5-4-6-10-19)24(26(29)31)28-21-11-7-8-18(2)17-21/h4-15,17,28H,3,16H2,1-2H3. The first kappa shape index (κ1) is 22.0. The fourth-order valence-corrected chi connectivity index (χ4v) is 3.64. The van der Waals surface area contributed by atoms with Crippen LogP contribution in [0.2, 0.25) is 0 Å². The molecule has 0 saturated heterocycles. The van der Waals surface area contributed by atoms with Gasteiger partial charge in [-0.15, -0.1) is 0 Å². The number of ether oxygens (including phenoxy) is 1. The van der Waals surface area contributed by atoms with Crippen molar-refractivity contribution in [3.8, 4) is 0 Å². The van der Waals surface area contributed by atoms with E-state index in [9.17, 15) is 14.4 Å². The second-order valence-corrected chi connectivity index (χ2v) is 7.74. The molecule has 1 aliphatic rings. The van der Waals surface area contributed by atoms with E-state index < -0.39 is 17.8 Å². The lowest BCUT2D eigenvalue weighted by molar-refractivity contribution is -0.120. The normalized spacial score (nSPS) is 13.5. The van der Waals surface area contributed by atoms with Gasteiger partial charge in [-0.25, -0.2) is 9.69 Å². The minimum Gasteiger partial charge on any atom is -0.462 e. The van der Waals surface area contributed by atoms with E-state index in [1.165, 1.54) is 0 Å². The van der Waals surface area contributed by atoms with Crippen LogP contribution >= 0.6 is 0 Å². The Kier molecular flexibility index (Phi) is 6.36. The smallest absolute Gasteiger partial charge is 0.338 e. The molecule has 3 aromatic carbocycles. The van der Waals surface area contributed by atoms with E-state index in [-0.39, 0.29) is 5.70 Å². The van der Waals surface area contributed by atoms with Gasteiger partial charge in [-0.3, -0.25) is 9.59 Å². The highest BCUT2D eigenvalue weighted by Crippen LogP contribution is 2.34. The van der Waals surface area contributed by atoms with E-state index in [4.69, 9.17) is 4.74 Å². The summed E-state index contributed by atoms with van der Waals surface area (Å²) < 4.78 is 5.15. The third-order valence-corrected chi connectivity index (χ3v) is 5.23. The maximum atomic E-state index is 13.5. The zero-order valence-electron chi connectivity index (χ0n) is 18.5. The van der Waals surface area contributed by atoms with Gasteiger partial charge in [-0.2, -0.15) is 0 Å². The molecular formula is C27H24N2O4. The third-order valence-electron chi connectivity index (χ3n) is 5.23. The number of hydrogen-bond acceptors (Lipinski definition) is 5. The largest absolute Gasteiger partial charge is 0.462 e. The van der Waals surface area contributed by atoms with Gasteiger partial charge in [0.15, 0.2) is 0 Å². The zero-order chi connectivity index (χ0) is 23.4. The summed E-state index contributed by atoms with van der Waals surface area (Å²) >= 11 is 0. The molecule has 0 saturated carbocycles. The average Bonchev–Trinajstić information content (AvgIpc) is 3.07. The number of nitrogens with zero attached hydrogens (tertiary/aromatic N) is 1. The number of aryl methyl sites for hydroxylation is 1. The summed E-state index contributed by atoms with van der Waals surface area (Å²) in [6.07, 6.45) is 0.727. The molecule has 1 N–H and O–H groups in total. The minimum absolute atomic E-state index is 0.211. The molecule has 0 spiro atoms. The summed E-state index contributed by atoms with van der Waals surface area (Å²) in [5.74, 6) is -1.32. The molecule has 0 bridgehead atoms. The van der Waals surface area contributed by atoms with Crippen LogP contribution in [-0.4, -0.2) is 24.4 Å². The van der Waals surface area contributed by atoms with Gasteiger partial charge in [0.2, 0.25) is 0 Å². The van der Waals surface area contributed by atoms with Crippen LogP contribution in [0.25, 0.3) is 5.57 Å². The molecule has 0 aromatic heterocycles. The van der Waals surface area contributed by atoms with Crippen LogP contribution in [0.3, 0.4) is 0 Å². The Balaban J connectivity index is 1.69. The van der Waals surface area contributed by atoms with Crippen molar-refractivity contribution in [1.82, 2.24) is 0 Å². The quantitative estimate of drug-likeness (QED) is 0.415. The highest BCUT2D eigenvalue weighted by atomic mass is 16.5. The average molecular weight is 440 g/mol. The molecule has 6 heteroatoms. The van der Waals surface area contributed by atoms with E-state index in [2.05, 4.69) is 5.32 Å². The molecule has 0 unspecified atom stereocenters. The number of rotatable bonds is 7. The van der Waals surface area contributed by atoms with Crippen molar-refractivity contribution in [2.24, 2.45) is 0 Å². The van der Waals surface area contributed by atoms with Gasteiger partial charge in [-0.1, -0.05) is 49.4 Å². The first-order valence-electron chi connectivity index (χ1n) is 10.8. The van der Waals surface area contributed by atoms with Crippen LogP contribution in [0, 0.1) is 6.92 Å². The number of nitrogens with one attached hydrogen (secondary N) is 1. The molecule has 166 valence electrons. The third kappa shape index (κ3) is 4.55. The van der Waals surface area contributed by atoms with E-state index in [0.29, 0.717) is 29.0 Å². The lowest BCUT2D eigenvalue weighted by Gasteiger charge is -2.16. The Hall–Kier alpha value is -4.19. The number of hydrogen-bond donors (Lipinski definition) is 1. The van der Waals surface area contributed by atoms with Crippen LogP contribution < -0.4 is 10.2 Å². The first-order valence-corrected chi connectivity index (χ1v) is 10.8. The van der Waals surface area contributed by atoms with E-state index >= 15 is 0 Å². The minimum atomic E-state index is -0.457. The molecule has 0 radical (unpaired) electrons. The summed E-state index contributed by atoms with van der Waals surface area (Å²) in [6, 6.07) is 23.0. The van der Waals surface area contributed by atoms with Gasteiger partial charge in [0.25, 0.3) is 11.8 Å². The van der Waals surface area contributed by atoms with Crippen molar-refractivity contribution in [2.75, 3.05) is 16.8 Å². The van der Waals surface area contributed by atoms with Gasteiger partial charge in [0.05, 0.1) is 23.4 Å². The van der Waals surface area contributed by atoms with Crippen molar-refractivity contribution >= 4 is 34.7 Å². The molecule has 1 aliphatic heterocycles. The van der Waals surface area contributed by atoms with Gasteiger partial charge in [0, 0.05) is 5.69 Å². The molecule has 3 aromatic rings. The van der Waals surface area contributed by atoms with Gasteiger partial charge in [0.1, 0.15) is 5.70 Å². The summed E-state index contributed by atoms with van der Waals surface area (Å²) in [6.45, 7) is 4.21. The molecule has 2 amide bonds. The maximum absolute atomic E-state index is 13.5. The Bertz CT molecular complexity index is 1230. The predicted octanol–water partition coefficient (Wildman–Crippen LogP) is 4.96. The molecular weight excluding hydrogens is 416 g/mol. The fourth-order valence-electron chi connectivity index (χ4n) is 3.64. The Morgan fingerprint density at radius 2 is 1.64 bits per heavy atom. The number of imide groups is 1. The SMILES string of the molecule is CCCOC(=O)c1ccc(N2C(=O)C(Nc3cccc(C)c3)=C(c3ccccc3)C2=O)cc1.